The van der Waals surface area contributed by atoms with Crippen LogP contribution in [-0.2, 0) is 0 Å². The van der Waals surface area contributed by atoms with Crippen molar-refractivity contribution in [2.75, 3.05) is 18.5 Å². The number of aliphatic hydroxyl groups is 1. The molecular formula is C11H18N4O2. The molecule has 1 atom stereocenters. The fourth-order valence-corrected chi connectivity index (χ4v) is 1.45. The molecule has 1 unspecified atom stereocenters. The lowest BCUT2D eigenvalue weighted by molar-refractivity contribution is 0.187. The molecule has 0 amide bonds. The fourth-order valence-electron chi connectivity index (χ4n) is 1.45. The summed E-state index contributed by atoms with van der Waals surface area (Å²) in [5.41, 5.74) is 6.75. The molecule has 1 rings (SSSR count). The van der Waals surface area contributed by atoms with Crippen LogP contribution in [0.2, 0.25) is 0 Å². The smallest absolute Gasteiger partial charge is 0.190 e. The van der Waals surface area contributed by atoms with E-state index in [4.69, 9.17) is 10.9 Å². The molecule has 0 bridgehead atoms. The molecule has 0 aromatic carbocycles. The maximum Gasteiger partial charge on any atom is 0.190 e. The van der Waals surface area contributed by atoms with E-state index in [-0.39, 0.29) is 11.9 Å². The lowest BCUT2D eigenvalue weighted by Gasteiger charge is -2.21. The van der Waals surface area contributed by atoms with Crippen LogP contribution in [0.1, 0.15) is 19.0 Å². The van der Waals surface area contributed by atoms with E-state index in [1.165, 1.54) is 0 Å². The Morgan fingerprint density at radius 3 is 2.94 bits per heavy atom. The number of hydrogen-bond acceptors (Lipinski definition) is 5. The van der Waals surface area contributed by atoms with Gasteiger partial charge in [0.25, 0.3) is 0 Å². The summed E-state index contributed by atoms with van der Waals surface area (Å²) in [6.45, 7) is 2.40. The van der Waals surface area contributed by atoms with E-state index in [0.29, 0.717) is 18.7 Å². The van der Waals surface area contributed by atoms with Crippen molar-refractivity contribution in [1.29, 1.82) is 0 Å². The second kappa shape index (κ2) is 6.05. The topological polar surface area (TPSA) is 95.0 Å². The average molecular weight is 238 g/mol. The van der Waals surface area contributed by atoms with Gasteiger partial charge in [0.15, 0.2) is 5.84 Å². The zero-order chi connectivity index (χ0) is 12.8. The monoisotopic (exact) mass is 238 g/mol. The van der Waals surface area contributed by atoms with E-state index in [1.807, 2.05) is 18.0 Å². The summed E-state index contributed by atoms with van der Waals surface area (Å²) < 4.78 is 0. The van der Waals surface area contributed by atoms with Crippen LogP contribution in [0.4, 0.5) is 5.69 Å². The van der Waals surface area contributed by atoms with Crippen molar-refractivity contribution < 1.29 is 10.3 Å². The Morgan fingerprint density at radius 1 is 1.65 bits per heavy atom. The number of pyridine rings is 1. The molecule has 1 heterocycles. The standard InChI is InChI=1S/C11H18N4O2/c1-8(16)5-7-15(2)9-4-3-6-13-10(9)11(12)14-17/h3-4,6,8,16-17H,5,7H2,1-2H3,(H2,12,14). The van der Waals surface area contributed by atoms with E-state index in [1.54, 1.807) is 19.2 Å². The van der Waals surface area contributed by atoms with Crippen LogP contribution >= 0.6 is 0 Å². The van der Waals surface area contributed by atoms with Gasteiger partial charge in [-0.05, 0) is 25.5 Å². The van der Waals surface area contributed by atoms with Crippen LogP contribution in [-0.4, -0.2) is 40.8 Å². The van der Waals surface area contributed by atoms with Crippen molar-refractivity contribution in [3.05, 3.63) is 24.0 Å². The molecular weight excluding hydrogens is 220 g/mol. The van der Waals surface area contributed by atoms with Gasteiger partial charge in [0.1, 0.15) is 5.69 Å². The minimum Gasteiger partial charge on any atom is -0.409 e. The first-order chi connectivity index (χ1) is 8.06. The van der Waals surface area contributed by atoms with Gasteiger partial charge in [-0.2, -0.15) is 0 Å². The van der Waals surface area contributed by atoms with Crippen molar-refractivity contribution >= 4 is 11.5 Å². The third-order valence-electron chi connectivity index (χ3n) is 2.43. The van der Waals surface area contributed by atoms with Crippen LogP contribution in [0.5, 0.6) is 0 Å². The molecule has 4 N–H and O–H groups in total. The van der Waals surface area contributed by atoms with Gasteiger partial charge in [-0.3, -0.25) is 4.98 Å². The first-order valence-corrected chi connectivity index (χ1v) is 5.38. The van der Waals surface area contributed by atoms with E-state index in [0.717, 1.165) is 5.69 Å². The van der Waals surface area contributed by atoms with Crippen LogP contribution in [0.3, 0.4) is 0 Å². The van der Waals surface area contributed by atoms with E-state index in [9.17, 15) is 5.11 Å². The first kappa shape index (κ1) is 13.2. The quantitative estimate of drug-likeness (QED) is 0.298. The number of nitrogens with two attached hydrogens (primary N) is 1. The van der Waals surface area contributed by atoms with E-state index in [2.05, 4.69) is 10.1 Å². The Bertz CT molecular complexity index is 393. The molecule has 94 valence electrons. The molecule has 0 radical (unpaired) electrons. The Morgan fingerprint density at radius 2 is 2.35 bits per heavy atom. The number of hydrogen-bond donors (Lipinski definition) is 3. The number of amidine groups is 1. The third-order valence-corrected chi connectivity index (χ3v) is 2.43. The zero-order valence-corrected chi connectivity index (χ0v) is 10.0. The highest BCUT2D eigenvalue weighted by Gasteiger charge is 2.12. The summed E-state index contributed by atoms with van der Waals surface area (Å²) in [7, 11) is 1.87. The van der Waals surface area contributed by atoms with Crippen LogP contribution in [0.25, 0.3) is 0 Å². The molecule has 0 fully saturated rings. The van der Waals surface area contributed by atoms with Crippen molar-refractivity contribution in [3.63, 3.8) is 0 Å². The highest BCUT2D eigenvalue weighted by Crippen LogP contribution is 2.17. The lowest BCUT2D eigenvalue weighted by atomic mass is 10.2. The number of rotatable bonds is 5. The van der Waals surface area contributed by atoms with Gasteiger partial charge in [-0.25, -0.2) is 0 Å². The number of aliphatic hydroxyl groups excluding tert-OH is 1. The van der Waals surface area contributed by atoms with Crippen LogP contribution < -0.4 is 10.6 Å². The summed E-state index contributed by atoms with van der Waals surface area (Å²) in [6.07, 6.45) is 1.86. The van der Waals surface area contributed by atoms with Gasteiger partial charge in [0, 0.05) is 19.8 Å². The largest absolute Gasteiger partial charge is 0.409 e. The lowest BCUT2D eigenvalue weighted by Crippen LogP contribution is -2.26. The first-order valence-electron chi connectivity index (χ1n) is 5.38. The van der Waals surface area contributed by atoms with Crippen molar-refractivity contribution in [1.82, 2.24) is 4.98 Å². The van der Waals surface area contributed by atoms with Gasteiger partial charge in [-0.1, -0.05) is 5.16 Å². The van der Waals surface area contributed by atoms with E-state index >= 15 is 0 Å². The number of oxime groups is 1. The average Bonchev–Trinajstić information content (AvgIpc) is 2.34. The minimum atomic E-state index is -0.360. The zero-order valence-electron chi connectivity index (χ0n) is 10.0. The second-order valence-corrected chi connectivity index (χ2v) is 3.92. The maximum absolute atomic E-state index is 9.24. The summed E-state index contributed by atoms with van der Waals surface area (Å²) in [4.78, 5) is 5.99. The number of nitrogens with zero attached hydrogens (tertiary/aromatic N) is 3. The van der Waals surface area contributed by atoms with E-state index < -0.39 is 0 Å². The molecule has 17 heavy (non-hydrogen) atoms. The third kappa shape index (κ3) is 3.60. The molecule has 0 aliphatic rings. The van der Waals surface area contributed by atoms with Crippen molar-refractivity contribution in [2.45, 2.75) is 19.4 Å². The molecule has 0 aliphatic carbocycles. The van der Waals surface area contributed by atoms with Gasteiger partial charge >= 0.3 is 0 Å². The number of aromatic nitrogens is 1. The van der Waals surface area contributed by atoms with Gasteiger partial charge in [0.05, 0.1) is 11.8 Å². The molecule has 0 aliphatic heterocycles. The normalized spacial score (nSPS) is 13.5. The predicted octanol–water partition coefficient (Wildman–Crippen LogP) is 0.383. The van der Waals surface area contributed by atoms with Gasteiger partial charge < -0.3 is 20.9 Å². The molecule has 0 spiro atoms. The van der Waals surface area contributed by atoms with Crippen LogP contribution in [0.15, 0.2) is 23.5 Å². The Balaban J connectivity index is 2.89. The molecule has 1 aromatic heterocycles. The predicted molar refractivity (Wildman–Crippen MR) is 66.3 cm³/mol. The molecule has 6 heteroatoms. The van der Waals surface area contributed by atoms with Crippen LogP contribution in [0, 0.1) is 0 Å². The number of anilines is 1. The van der Waals surface area contributed by atoms with Gasteiger partial charge in [0.2, 0.25) is 0 Å². The van der Waals surface area contributed by atoms with Crippen molar-refractivity contribution in [2.24, 2.45) is 10.9 Å². The SMILES string of the molecule is CC(O)CCN(C)c1cccnc1/C(N)=N/O. The summed E-state index contributed by atoms with van der Waals surface area (Å²) in [5.74, 6) is -0.0236. The highest BCUT2D eigenvalue weighted by molar-refractivity contribution is 6.00. The Labute approximate surface area is 100 Å². The maximum atomic E-state index is 9.24. The highest BCUT2D eigenvalue weighted by atomic mass is 16.4. The summed E-state index contributed by atoms with van der Waals surface area (Å²) in [5, 5.41) is 20.9. The minimum absolute atomic E-state index is 0.0236. The molecule has 0 saturated heterocycles. The molecule has 6 nitrogen and oxygen atoms in total. The summed E-state index contributed by atoms with van der Waals surface area (Å²) >= 11 is 0. The van der Waals surface area contributed by atoms with Gasteiger partial charge in [-0.15, -0.1) is 0 Å². The Hall–Kier alpha value is -1.82. The van der Waals surface area contributed by atoms with Crippen molar-refractivity contribution in [3.8, 4) is 0 Å². The second-order valence-electron chi connectivity index (χ2n) is 3.92. The Kier molecular flexibility index (Phi) is 4.71. The molecule has 0 saturated carbocycles. The molecule has 1 aromatic rings. The summed E-state index contributed by atoms with van der Waals surface area (Å²) in [6, 6.07) is 3.62. The fraction of sp³-hybridized carbons (Fsp3) is 0.455.